The third-order valence-corrected chi connectivity index (χ3v) is 16.1. The summed E-state index contributed by atoms with van der Waals surface area (Å²) in [6.07, 6.45) is 13.3. The molecule has 14 rings (SSSR count). The van der Waals surface area contributed by atoms with Crippen molar-refractivity contribution in [3.05, 3.63) is 149 Å². The monoisotopic (exact) mass is 727 g/mol. The number of furan rings is 1. The molecular weight excluding hydrogens is 679 g/mol. The van der Waals surface area contributed by atoms with E-state index in [2.05, 4.69) is 140 Å². The third kappa shape index (κ3) is 4.18. The predicted molar refractivity (Wildman–Crippen MR) is 231 cm³/mol. The van der Waals surface area contributed by atoms with Crippen LogP contribution in [0.1, 0.15) is 106 Å². The minimum atomic E-state index is -0.0871. The number of anilines is 3. The Morgan fingerprint density at radius 3 is 1.77 bits per heavy atom. The zero-order valence-electron chi connectivity index (χ0n) is 32.7. The molecule has 0 atom stereocenters. The molecule has 0 N–H and O–H groups in total. The highest BCUT2D eigenvalue weighted by molar-refractivity contribution is 6.08. The van der Waals surface area contributed by atoms with Gasteiger partial charge >= 0.3 is 0 Å². The molecule has 7 aliphatic carbocycles. The Labute approximate surface area is 330 Å². The van der Waals surface area contributed by atoms with Gasteiger partial charge in [-0.2, -0.15) is 0 Å². The van der Waals surface area contributed by atoms with Gasteiger partial charge in [0.1, 0.15) is 11.2 Å². The fraction of sp³-hybridized carbons (Fsp3) is 0.333. The molecular formula is C54H49NO. The van der Waals surface area contributed by atoms with Gasteiger partial charge in [0.15, 0.2) is 0 Å². The normalized spacial score (nSPS) is 25.5. The molecule has 1 heterocycles. The quantitative estimate of drug-likeness (QED) is 0.179. The van der Waals surface area contributed by atoms with E-state index in [1.165, 1.54) is 137 Å². The Bertz CT molecular complexity index is 2750. The Balaban J connectivity index is 1.08. The van der Waals surface area contributed by atoms with Gasteiger partial charge in [-0.3, -0.25) is 0 Å². The second kappa shape index (κ2) is 11.1. The molecule has 0 aliphatic heterocycles. The summed E-state index contributed by atoms with van der Waals surface area (Å²) < 4.78 is 6.98. The minimum Gasteiger partial charge on any atom is -0.456 e. The Hall–Kier alpha value is -5.08. The fourth-order valence-corrected chi connectivity index (χ4v) is 14.2. The summed E-state index contributed by atoms with van der Waals surface area (Å²) in [5, 5.41) is 2.50. The van der Waals surface area contributed by atoms with Crippen molar-refractivity contribution in [2.75, 3.05) is 4.90 Å². The second-order valence-corrected chi connectivity index (χ2v) is 19.5. The Morgan fingerprint density at radius 1 is 0.500 bits per heavy atom. The molecule has 1 spiro atoms. The molecule has 0 amide bonds. The lowest BCUT2D eigenvalue weighted by atomic mass is 9.48. The van der Waals surface area contributed by atoms with Crippen LogP contribution >= 0.6 is 0 Å². The van der Waals surface area contributed by atoms with Crippen LogP contribution in [0.25, 0.3) is 44.2 Å². The van der Waals surface area contributed by atoms with E-state index in [0.717, 1.165) is 28.9 Å². The van der Waals surface area contributed by atoms with Crippen LogP contribution < -0.4 is 4.90 Å². The van der Waals surface area contributed by atoms with Crippen LogP contribution in [0.15, 0.2) is 126 Å². The first-order chi connectivity index (χ1) is 27.4. The van der Waals surface area contributed by atoms with E-state index in [0.29, 0.717) is 0 Å². The van der Waals surface area contributed by atoms with Gasteiger partial charge in [-0.05, 0) is 162 Å². The lowest BCUT2D eigenvalue weighted by Crippen LogP contribution is -2.48. The minimum absolute atomic E-state index is 0.0871. The third-order valence-electron chi connectivity index (χ3n) is 16.1. The van der Waals surface area contributed by atoms with E-state index in [-0.39, 0.29) is 16.2 Å². The summed E-state index contributed by atoms with van der Waals surface area (Å²) in [5.41, 5.74) is 19.1. The lowest BCUT2D eigenvalue weighted by molar-refractivity contribution is -0.00483. The summed E-state index contributed by atoms with van der Waals surface area (Å²) in [7, 11) is 0. The molecule has 0 radical (unpaired) electrons. The van der Waals surface area contributed by atoms with Crippen LogP contribution in [0.3, 0.4) is 0 Å². The van der Waals surface area contributed by atoms with Crippen molar-refractivity contribution in [2.24, 2.45) is 17.8 Å². The molecule has 5 fully saturated rings. The molecule has 0 saturated heterocycles. The van der Waals surface area contributed by atoms with Crippen molar-refractivity contribution in [3.8, 4) is 22.3 Å². The van der Waals surface area contributed by atoms with Crippen molar-refractivity contribution in [2.45, 2.75) is 94.3 Å². The van der Waals surface area contributed by atoms with Crippen molar-refractivity contribution in [1.82, 2.24) is 0 Å². The Morgan fingerprint density at radius 2 is 1.05 bits per heavy atom. The zero-order valence-corrected chi connectivity index (χ0v) is 32.7. The van der Waals surface area contributed by atoms with Crippen LogP contribution in [0.2, 0.25) is 0 Å². The number of para-hydroxylation sites is 1. The van der Waals surface area contributed by atoms with Gasteiger partial charge < -0.3 is 9.32 Å². The molecule has 2 heteroatoms. The zero-order chi connectivity index (χ0) is 37.0. The van der Waals surface area contributed by atoms with Crippen LogP contribution in [-0.2, 0) is 16.2 Å². The Kier molecular flexibility index (Phi) is 6.33. The van der Waals surface area contributed by atoms with Gasteiger partial charge in [0.25, 0.3) is 0 Å². The molecule has 7 aliphatic rings. The average Bonchev–Trinajstić information content (AvgIpc) is 3.97. The maximum Gasteiger partial charge on any atom is 0.139 e. The predicted octanol–water partition coefficient (Wildman–Crippen LogP) is 14.7. The first kappa shape index (κ1) is 32.1. The number of nitrogens with zero attached hydrogens (tertiary/aromatic N) is 1. The topological polar surface area (TPSA) is 16.4 Å². The molecule has 7 aromatic rings. The summed E-state index contributed by atoms with van der Waals surface area (Å²) in [6, 6.07) is 47.1. The van der Waals surface area contributed by atoms with Gasteiger partial charge in [0, 0.05) is 44.2 Å². The first-order valence-electron chi connectivity index (χ1n) is 21.6. The van der Waals surface area contributed by atoms with Crippen LogP contribution in [0.4, 0.5) is 17.1 Å². The molecule has 56 heavy (non-hydrogen) atoms. The number of benzene rings is 6. The van der Waals surface area contributed by atoms with Crippen molar-refractivity contribution < 1.29 is 4.42 Å². The van der Waals surface area contributed by atoms with Crippen molar-refractivity contribution >= 4 is 39.0 Å². The van der Waals surface area contributed by atoms with E-state index in [1.807, 2.05) is 0 Å². The first-order valence-corrected chi connectivity index (χ1v) is 21.6. The van der Waals surface area contributed by atoms with E-state index in [9.17, 15) is 0 Å². The molecule has 1 aromatic heterocycles. The molecule has 2 nitrogen and oxygen atoms in total. The largest absolute Gasteiger partial charge is 0.456 e. The molecule has 0 unspecified atom stereocenters. The maximum atomic E-state index is 6.98. The summed E-state index contributed by atoms with van der Waals surface area (Å²) in [6.45, 7) is 4.83. The fourth-order valence-electron chi connectivity index (χ4n) is 14.2. The van der Waals surface area contributed by atoms with E-state index in [4.69, 9.17) is 4.42 Å². The maximum absolute atomic E-state index is 6.98. The summed E-state index contributed by atoms with van der Waals surface area (Å²) >= 11 is 0. The molecule has 6 aromatic carbocycles. The number of hydrogen-bond donors (Lipinski definition) is 0. The molecule has 276 valence electrons. The highest BCUT2D eigenvalue weighted by atomic mass is 16.3. The van der Waals surface area contributed by atoms with Gasteiger partial charge in [0.05, 0.1) is 0 Å². The van der Waals surface area contributed by atoms with Crippen LogP contribution in [0.5, 0.6) is 0 Å². The van der Waals surface area contributed by atoms with E-state index >= 15 is 0 Å². The van der Waals surface area contributed by atoms with E-state index < -0.39 is 0 Å². The number of fused-ring (bicyclic) bond motifs is 11. The SMILES string of the molecule is CC1(C)c2ccccc2-c2ccc(N(c3ccc4c(c3)C3(CCCC3)c3ccccc3-4)c3cc(C45CC6CC(CC(C6)C4)C5)c4oc5ccccc5c4c3)cc21. The highest BCUT2D eigenvalue weighted by Crippen LogP contribution is 2.63. The summed E-state index contributed by atoms with van der Waals surface area (Å²) in [5.74, 6) is 2.55. The van der Waals surface area contributed by atoms with Crippen LogP contribution in [-0.4, -0.2) is 0 Å². The second-order valence-electron chi connectivity index (χ2n) is 19.5. The van der Waals surface area contributed by atoms with Crippen molar-refractivity contribution in [1.29, 1.82) is 0 Å². The summed E-state index contributed by atoms with van der Waals surface area (Å²) in [4.78, 5) is 2.64. The molecule has 5 saturated carbocycles. The lowest BCUT2D eigenvalue weighted by Gasteiger charge is -2.57. The smallest absolute Gasteiger partial charge is 0.139 e. The average molecular weight is 728 g/mol. The van der Waals surface area contributed by atoms with E-state index in [1.54, 1.807) is 5.56 Å². The highest BCUT2D eigenvalue weighted by Gasteiger charge is 2.53. The number of hydrogen-bond acceptors (Lipinski definition) is 2. The van der Waals surface area contributed by atoms with Crippen LogP contribution in [0, 0.1) is 17.8 Å². The van der Waals surface area contributed by atoms with Crippen molar-refractivity contribution in [3.63, 3.8) is 0 Å². The standard InChI is InChI=1S/C54H49NO/c1-52(2)45-14-6-3-11-39(45)41-19-17-36(27-47(41)52)55(37-18-20-42-40-12-4-7-15-46(40)54(48(42)28-37)21-9-10-22-54)38-26-44-43-13-5-8-16-50(43)56-51(44)49(29-38)53-30-33-23-34(31-53)25-35(24-33)32-53/h3-8,11-20,26-29,33-35H,9-10,21-25,30-32H2,1-2H3. The van der Waals surface area contributed by atoms with Gasteiger partial charge in [-0.25, -0.2) is 0 Å². The van der Waals surface area contributed by atoms with Gasteiger partial charge in [0.2, 0.25) is 0 Å². The molecule has 4 bridgehead atoms. The number of rotatable bonds is 4. The van der Waals surface area contributed by atoms with Gasteiger partial charge in [-0.1, -0.05) is 106 Å². The van der Waals surface area contributed by atoms with Gasteiger partial charge in [-0.15, -0.1) is 0 Å².